The van der Waals surface area contributed by atoms with Gasteiger partial charge >= 0.3 is 30.1 Å². The zero-order valence-electron chi connectivity index (χ0n) is 34.2. The maximum atomic E-state index is 12.4. The summed E-state index contributed by atoms with van der Waals surface area (Å²) in [6.07, 6.45) is 3.04. The fraction of sp³-hybridized carbons (Fsp3) is 0.900. The van der Waals surface area contributed by atoms with Gasteiger partial charge in [-0.05, 0) is 137 Å². The van der Waals surface area contributed by atoms with Crippen LogP contribution in [0.25, 0.3) is 0 Å². The van der Waals surface area contributed by atoms with Crippen LogP contribution in [0, 0.1) is 45.8 Å². The van der Waals surface area contributed by atoms with Crippen molar-refractivity contribution < 1.29 is 63.9 Å². The Kier molecular flexibility index (Phi) is 13.5. The molecule has 6 aliphatic carbocycles. The van der Waals surface area contributed by atoms with Gasteiger partial charge in [0.25, 0.3) is 10.1 Å². The highest BCUT2D eigenvalue weighted by Crippen LogP contribution is 2.58. The number of carbonyl (C=O) groups is 4. The van der Waals surface area contributed by atoms with Gasteiger partial charge in [-0.3, -0.25) is 18.6 Å². The molecule has 11 nitrogen and oxygen atoms in total. The number of ether oxygens (including phenoxy) is 4. The molecule has 0 aromatic carbocycles. The lowest BCUT2D eigenvalue weighted by Gasteiger charge is -2.56. The SMILES string of the molecule is CCC(C)(C)C(=O)OC(C)C(F)(F)F.CCC(C)(C)C(=O)OC12CC3CC(CC(C3)C1)C2.CCC(C)(C)C(=O)OCC(=O)OC1C2CC3C1OS(=O)(=O)C3C2. The highest BCUT2D eigenvalue weighted by molar-refractivity contribution is 7.87. The lowest BCUT2D eigenvalue weighted by Crippen LogP contribution is -2.53. The number of carbonyl (C=O) groups excluding carboxylic acids is 4. The summed E-state index contributed by atoms with van der Waals surface area (Å²) in [4.78, 5) is 47.4. The molecule has 6 atom stereocenters. The minimum atomic E-state index is -4.49. The molecule has 7 aliphatic rings. The lowest BCUT2D eigenvalue weighted by atomic mass is 9.54. The van der Waals surface area contributed by atoms with Crippen molar-refractivity contribution in [1.29, 1.82) is 0 Å². The quantitative estimate of drug-likeness (QED) is 0.114. The van der Waals surface area contributed by atoms with E-state index in [4.69, 9.17) is 18.4 Å². The van der Waals surface area contributed by atoms with Crippen LogP contribution in [0.1, 0.15) is 140 Å². The first-order valence-electron chi connectivity index (χ1n) is 20.0. The second kappa shape index (κ2) is 16.4. The average Bonchev–Trinajstić information content (AvgIpc) is 3.71. The van der Waals surface area contributed by atoms with Gasteiger partial charge in [0.15, 0.2) is 12.7 Å². The summed E-state index contributed by atoms with van der Waals surface area (Å²) >= 11 is 0. The summed E-state index contributed by atoms with van der Waals surface area (Å²) in [5.41, 5.74) is -1.90. The Morgan fingerprint density at radius 3 is 1.69 bits per heavy atom. The standard InChI is InChI=1S/C16H26O2.C15H22O7S.C9H15F3O2/c1-4-15(2,3)14(17)18-16-8-11-5-12(9-16)7-13(6-11)10-16;1-4-15(2,3)14(17)20-7-11(16)21-12-8-5-9-10(6-8)23(18,19)22-13(9)12;1-5-8(3,4)7(13)14-6(2)9(10,11)12/h11-13H,4-10H2,1-3H3;8-10,12-13H,4-7H2,1-3H3;6H,5H2,1-4H3. The zero-order chi connectivity index (χ0) is 41.5. The van der Waals surface area contributed by atoms with Crippen molar-refractivity contribution >= 4 is 34.0 Å². The van der Waals surface area contributed by atoms with E-state index in [1.54, 1.807) is 34.6 Å². The van der Waals surface area contributed by atoms with E-state index in [0.717, 1.165) is 50.4 Å². The molecule has 1 aliphatic heterocycles. The maximum Gasteiger partial charge on any atom is 0.425 e. The molecule has 6 unspecified atom stereocenters. The largest absolute Gasteiger partial charge is 0.459 e. The Morgan fingerprint density at radius 1 is 0.745 bits per heavy atom. The van der Waals surface area contributed by atoms with Crippen molar-refractivity contribution in [2.75, 3.05) is 6.61 Å². The van der Waals surface area contributed by atoms with Crippen LogP contribution in [-0.2, 0) is 52.4 Å². The molecule has 1 saturated heterocycles. The van der Waals surface area contributed by atoms with Crippen LogP contribution in [0.3, 0.4) is 0 Å². The third-order valence-corrected chi connectivity index (χ3v) is 15.1. The molecule has 0 spiro atoms. The molecule has 0 radical (unpaired) electrons. The Balaban J connectivity index is 0.000000190. The molecule has 0 N–H and O–H groups in total. The highest BCUT2D eigenvalue weighted by atomic mass is 32.2. The van der Waals surface area contributed by atoms with Gasteiger partial charge in [0.2, 0.25) is 0 Å². The molecule has 15 heteroatoms. The van der Waals surface area contributed by atoms with Crippen LogP contribution in [0.4, 0.5) is 13.2 Å². The van der Waals surface area contributed by atoms with Gasteiger partial charge in [0.1, 0.15) is 17.8 Å². The van der Waals surface area contributed by atoms with E-state index in [1.807, 2.05) is 20.8 Å². The third-order valence-electron chi connectivity index (χ3n) is 13.3. The van der Waals surface area contributed by atoms with Gasteiger partial charge in [-0.2, -0.15) is 21.6 Å². The van der Waals surface area contributed by atoms with Crippen molar-refractivity contribution in [1.82, 2.24) is 0 Å². The zero-order valence-corrected chi connectivity index (χ0v) is 35.0. The second-order valence-corrected chi connectivity index (χ2v) is 20.6. The molecule has 0 aromatic heterocycles. The van der Waals surface area contributed by atoms with Crippen LogP contribution in [-0.4, -0.2) is 74.2 Å². The molecular formula is C40H63F3O11S. The van der Waals surface area contributed by atoms with Gasteiger partial charge in [-0.25, -0.2) is 4.79 Å². The van der Waals surface area contributed by atoms with Crippen LogP contribution in [0.5, 0.6) is 0 Å². The van der Waals surface area contributed by atoms with E-state index >= 15 is 0 Å². The lowest BCUT2D eigenvalue weighted by molar-refractivity contribution is -0.221. The number of esters is 4. The van der Waals surface area contributed by atoms with E-state index in [2.05, 4.69) is 11.7 Å². The molecule has 316 valence electrons. The first-order chi connectivity index (χ1) is 25.2. The average molecular weight is 809 g/mol. The van der Waals surface area contributed by atoms with E-state index in [9.17, 15) is 40.8 Å². The number of hydrogen-bond acceptors (Lipinski definition) is 11. The fourth-order valence-corrected chi connectivity index (χ4v) is 10.7. The van der Waals surface area contributed by atoms with Gasteiger partial charge in [0, 0.05) is 11.8 Å². The smallest absolute Gasteiger partial charge is 0.425 e. The Morgan fingerprint density at radius 2 is 1.22 bits per heavy atom. The summed E-state index contributed by atoms with van der Waals surface area (Å²) in [5.74, 6) is 0.563. The molecule has 7 fully saturated rings. The summed E-state index contributed by atoms with van der Waals surface area (Å²) in [7, 11) is -3.53. The van der Waals surface area contributed by atoms with Crippen LogP contribution in [0.2, 0.25) is 0 Å². The molecule has 0 aromatic rings. The van der Waals surface area contributed by atoms with Crippen molar-refractivity contribution in [3.63, 3.8) is 0 Å². The molecule has 7 rings (SSSR count). The van der Waals surface area contributed by atoms with Crippen LogP contribution >= 0.6 is 0 Å². The normalized spacial score (nSPS) is 33.0. The Bertz CT molecular complexity index is 1500. The molecule has 6 bridgehead atoms. The number of alkyl halides is 3. The summed E-state index contributed by atoms with van der Waals surface area (Å²) < 4.78 is 85.6. The highest BCUT2D eigenvalue weighted by Gasteiger charge is 2.65. The number of fused-ring (bicyclic) bond motifs is 1. The van der Waals surface area contributed by atoms with E-state index in [-0.39, 0.29) is 28.8 Å². The van der Waals surface area contributed by atoms with Crippen molar-refractivity contribution in [3.8, 4) is 0 Å². The van der Waals surface area contributed by atoms with Crippen molar-refractivity contribution in [2.45, 2.75) is 175 Å². The fourth-order valence-electron chi connectivity index (χ4n) is 8.86. The monoisotopic (exact) mass is 808 g/mol. The number of rotatable bonds is 11. The number of halogens is 3. The van der Waals surface area contributed by atoms with Crippen molar-refractivity contribution in [2.24, 2.45) is 45.8 Å². The molecule has 55 heavy (non-hydrogen) atoms. The first kappa shape index (κ1) is 45.3. The maximum absolute atomic E-state index is 12.4. The molecular weight excluding hydrogens is 745 g/mol. The van der Waals surface area contributed by atoms with Gasteiger partial charge in [-0.1, -0.05) is 20.8 Å². The Labute approximate surface area is 324 Å². The third kappa shape index (κ3) is 10.4. The van der Waals surface area contributed by atoms with Gasteiger partial charge in [-0.15, -0.1) is 0 Å². The van der Waals surface area contributed by atoms with Gasteiger partial charge in [0.05, 0.1) is 21.5 Å². The summed E-state index contributed by atoms with van der Waals surface area (Å²) in [6, 6.07) is 0. The second-order valence-electron chi connectivity index (χ2n) is 18.8. The van der Waals surface area contributed by atoms with E-state index in [0.29, 0.717) is 25.7 Å². The van der Waals surface area contributed by atoms with Crippen LogP contribution in [0.15, 0.2) is 0 Å². The topological polar surface area (TPSA) is 149 Å². The predicted octanol–water partition coefficient (Wildman–Crippen LogP) is 7.87. The number of hydrogen-bond donors (Lipinski definition) is 0. The van der Waals surface area contributed by atoms with Crippen LogP contribution < -0.4 is 0 Å². The van der Waals surface area contributed by atoms with Crippen molar-refractivity contribution in [3.05, 3.63) is 0 Å². The molecule has 1 heterocycles. The molecule has 0 amide bonds. The summed E-state index contributed by atoms with van der Waals surface area (Å²) in [6.45, 7) is 16.6. The molecule has 6 saturated carbocycles. The Hall–Kier alpha value is -2.42. The van der Waals surface area contributed by atoms with E-state index < -0.39 is 75.2 Å². The minimum Gasteiger partial charge on any atom is -0.459 e. The minimum absolute atomic E-state index is 0.0130. The predicted molar refractivity (Wildman–Crippen MR) is 195 cm³/mol. The summed E-state index contributed by atoms with van der Waals surface area (Å²) in [5, 5.41) is -0.448. The first-order valence-corrected chi connectivity index (χ1v) is 21.5. The van der Waals surface area contributed by atoms with Gasteiger partial charge < -0.3 is 18.9 Å². The van der Waals surface area contributed by atoms with E-state index in [1.165, 1.54) is 19.3 Å².